The number of aromatic nitrogens is 1. The molecule has 1 aromatic heterocycles. The predicted molar refractivity (Wildman–Crippen MR) is 133 cm³/mol. The molecule has 0 atom stereocenters. The monoisotopic (exact) mass is 438 g/mol. The molecule has 1 N–H and O–H groups in total. The predicted octanol–water partition coefficient (Wildman–Crippen LogP) is 4.99. The van der Waals surface area contributed by atoms with Crippen LogP contribution in [0.3, 0.4) is 0 Å². The van der Waals surface area contributed by atoms with Crippen LogP contribution >= 0.6 is 0 Å². The summed E-state index contributed by atoms with van der Waals surface area (Å²) >= 11 is 0. The van der Waals surface area contributed by atoms with Crippen LogP contribution in [0.2, 0.25) is 0 Å². The van der Waals surface area contributed by atoms with Crippen LogP contribution in [0, 0.1) is 0 Å². The Hall–Kier alpha value is -3.90. The van der Waals surface area contributed by atoms with Gasteiger partial charge in [0.2, 0.25) is 5.91 Å². The van der Waals surface area contributed by atoms with Crippen molar-refractivity contribution in [3.8, 4) is 0 Å². The van der Waals surface area contributed by atoms with Crippen molar-refractivity contribution in [2.24, 2.45) is 4.99 Å². The number of aliphatic imine (C=N–C) groups is 1. The van der Waals surface area contributed by atoms with E-state index in [2.05, 4.69) is 16.4 Å². The zero-order valence-corrected chi connectivity index (χ0v) is 18.4. The Labute approximate surface area is 193 Å². The third-order valence-corrected chi connectivity index (χ3v) is 5.77. The summed E-state index contributed by atoms with van der Waals surface area (Å²) in [5.41, 5.74) is 4.95. The number of carbonyl (C=O) groups is 1. The summed E-state index contributed by atoms with van der Waals surface area (Å²) in [6.07, 6.45) is 3.88. The van der Waals surface area contributed by atoms with E-state index in [0.717, 1.165) is 33.5 Å². The number of para-hydroxylation sites is 2. The van der Waals surface area contributed by atoms with E-state index in [4.69, 9.17) is 4.74 Å². The molecule has 33 heavy (non-hydrogen) atoms. The highest BCUT2D eigenvalue weighted by Gasteiger charge is 2.18. The normalized spacial score (nSPS) is 14.1. The number of ether oxygens (including phenoxy) is 1. The van der Waals surface area contributed by atoms with E-state index in [-0.39, 0.29) is 5.91 Å². The molecule has 1 saturated heterocycles. The number of hydrogen-bond acceptors (Lipinski definition) is 4. The fraction of sp³-hybridized carbons (Fsp3) is 0.185. The van der Waals surface area contributed by atoms with Gasteiger partial charge in [-0.25, -0.2) is 0 Å². The SMILES string of the molecule is O=C(Cn1cc(C=Nc2ccc(Nc3ccccc3)cc2)c2ccccc21)N1CCOCC1. The van der Waals surface area contributed by atoms with Crippen molar-refractivity contribution in [1.82, 2.24) is 9.47 Å². The minimum atomic E-state index is 0.115. The van der Waals surface area contributed by atoms with Gasteiger partial charge in [0.05, 0.1) is 18.9 Å². The molecule has 6 heteroatoms. The summed E-state index contributed by atoms with van der Waals surface area (Å²) in [5.74, 6) is 0.115. The topological polar surface area (TPSA) is 58.9 Å². The summed E-state index contributed by atoms with van der Waals surface area (Å²) < 4.78 is 7.38. The second-order valence-electron chi connectivity index (χ2n) is 8.02. The highest BCUT2D eigenvalue weighted by Crippen LogP contribution is 2.23. The van der Waals surface area contributed by atoms with Gasteiger partial charge in [-0.1, -0.05) is 36.4 Å². The molecule has 0 radical (unpaired) electrons. The Morgan fingerprint density at radius 3 is 2.39 bits per heavy atom. The van der Waals surface area contributed by atoms with Gasteiger partial charge in [-0.05, 0) is 42.5 Å². The van der Waals surface area contributed by atoms with Gasteiger partial charge >= 0.3 is 0 Å². The van der Waals surface area contributed by atoms with Crippen LogP contribution in [0.15, 0.2) is 90.1 Å². The number of fused-ring (bicyclic) bond motifs is 1. The van der Waals surface area contributed by atoms with Gasteiger partial charge in [0, 0.05) is 53.3 Å². The van der Waals surface area contributed by atoms with Gasteiger partial charge < -0.3 is 19.5 Å². The molecule has 1 aliphatic rings. The highest BCUT2D eigenvalue weighted by atomic mass is 16.5. The van der Waals surface area contributed by atoms with Crippen LogP contribution in [-0.4, -0.2) is 47.9 Å². The first-order valence-electron chi connectivity index (χ1n) is 11.2. The third kappa shape index (κ3) is 4.96. The molecule has 2 heterocycles. The van der Waals surface area contributed by atoms with E-state index in [1.807, 2.05) is 94.7 Å². The van der Waals surface area contributed by atoms with Crippen LogP contribution in [-0.2, 0) is 16.1 Å². The molecule has 6 nitrogen and oxygen atoms in total. The Bertz CT molecular complexity index is 1260. The molecular weight excluding hydrogens is 412 g/mol. The third-order valence-electron chi connectivity index (χ3n) is 5.77. The van der Waals surface area contributed by atoms with Crippen LogP contribution in [0.4, 0.5) is 17.1 Å². The number of carbonyl (C=O) groups excluding carboxylic acids is 1. The highest BCUT2D eigenvalue weighted by molar-refractivity contribution is 6.00. The van der Waals surface area contributed by atoms with E-state index in [1.165, 1.54) is 0 Å². The molecule has 0 aliphatic carbocycles. The Kier molecular flexibility index (Phi) is 6.17. The zero-order valence-electron chi connectivity index (χ0n) is 18.4. The first-order chi connectivity index (χ1) is 16.3. The Morgan fingerprint density at radius 2 is 1.61 bits per heavy atom. The van der Waals surface area contributed by atoms with E-state index in [1.54, 1.807) is 0 Å². The Morgan fingerprint density at radius 1 is 0.909 bits per heavy atom. The molecule has 0 spiro atoms. The fourth-order valence-electron chi connectivity index (χ4n) is 4.03. The molecular formula is C27H26N4O2. The van der Waals surface area contributed by atoms with E-state index in [0.29, 0.717) is 32.8 Å². The fourth-order valence-corrected chi connectivity index (χ4v) is 4.03. The van der Waals surface area contributed by atoms with Crippen LogP contribution < -0.4 is 5.32 Å². The molecule has 3 aromatic carbocycles. The number of anilines is 2. The van der Waals surface area contributed by atoms with E-state index < -0.39 is 0 Å². The zero-order chi connectivity index (χ0) is 22.5. The van der Waals surface area contributed by atoms with Gasteiger partial charge in [0.15, 0.2) is 0 Å². The standard InChI is InChI=1S/C27H26N4O2/c32-27(30-14-16-33-17-15-30)20-31-19-21(25-8-4-5-9-26(25)31)18-28-22-10-12-24(13-11-22)29-23-6-2-1-3-7-23/h1-13,18-19,29H,14-17,20H2. The average Bonchev–Trinajstić information content (AvgIpc) is 3.22. The van der Waals surface area contributed by atoms with Crippen molar-refractivity contribution in [2.45, 2.75) is 6.54 Å². The second kappa shape index (κ2) is 9.71. The lowest BCUT2D eigenvalue weighted by atomic mass is 10.2. The smallest absolute Gasteiger partial charge is 0.242 e. The van der Waals surface area contributed by atoms with Crippen LogP contribution in [0.5, 0.6) is 0 Å². The lowest BCUT2D eigenvalue weighted by Gasteiger charge is -2.27. The van der Waals surface area contributed by atoms with Gasteiger partial charge in [0.1, 0.15) is 6.54 Å². The van der Waals surface area contributed by atoms with Gasteiger partial charge in [-0.15, -0.1) is 0 Å². The largest absolute Gasteiger partial charge is 0.378 e. The number of rotatable bonds is 6. The van der Waals surface area contributed by atoms with E-state index in [9.17, 15) is 4.79 Å². The summed E-state index contributed by atoms with van der Waals surface area (Å²) in [7, 11) is 0. The van der Waals surface area contributed by atoms with E-state index >= 15 is 0 Å². The Balaban J connectivity index is 1.33. The average molecular weight is 439 g/mol. The number of amides is 1. The van der Waals surface area contributed by atoms with Crippen LogP contribution in [0.25, 0.3) is 10.9 Å². The molecule has 1 fully saturated rings. The molecule has 0 saturated carbocycles. The lowest BCUT2D eigenvalue weighted by molar-refractivity contribution is -0.135. The minimum absolute atomic E-state index is 0.115. The summed E-state index contributed by atoms with van der Waals surface area (Å²) in [5, 5.41) is 4.46. The maximum Gasteiger partial charge on any atom is 0.242 e. The van der Waals surface area contributed by atoms with Crippen molar-refractivity contribution >= 4 is 40.1 Å². The number of hydrogen-bond donors (Lipinski definition) is 1. The van der Waals surface area contributed by atoms with Crippen molar-refractivity contribution in [3.05, 3.63) is 90.6 Å². The number of nitrogens with one attached hydrogen (secondary N) is 1. The first-order valence-corrected chi connectivity index (χ1v) is 11.2. The summed E-state index contributed by atoms with van der Waals surface area (Å²) in [6.45, 7) is 2.84. The maximum atomic E-state index is 12.8. The molecule has 1 amide bonds. The molecule has 5 rings (SSSR count). The van der Waals surface area contributed by atoms with Crippen LogP contribution in [0.1, 0.15) is 5.56 Å². The van der Waals surface area contributed by atoms with Crippen molar-refractivity contribution < 1.29 is 9.53 Å². The van der Waals surface area contributed by atoms with Crippen molar-refractivity contribution in [2.75, 3.05) is 31.6 Å². The van der Waals surface area contributed by atoms with Crippen molar-refractivity contribution in [1.29, 1.82) is 0 Å². The molecule has 0 bridgehead atoms. The maximum absolute atomic E-state index is 12.8. The van der Waals surface area contributed by atoms with Gasteiger partial charge in [-0.2, -0.15) is 0 Å². The number of morpholine rings is 1. The quantitative estimate of drug-likeness (QED) is 0.431. The summed E-state index contributed by atoms with van der Waals surface area (Å²) in [6, 6.07) is 26.2. The lowest BCUT2D eigenvalue weighted by Crippen LogP contribution is -2.42. The van der Waals surface area contributed by atoms with Crippen molar-refractivity contribution in [3.63, 3.8) is 0 Å². The molecule has 1 aliphatic heterocycles. The molecule has 166 valence electrons. The second-order valence-corrected chi connectivity index (χ2v) is 8.02. The number of benzene rings is 3. The summed E-state index contributed by atoms with van der Waals surface area (Å²) in [4.78, 5) is 19.3. The minimum Gasteiger partial charge on any atom is -0.378 e. The van der Waals surface area contributed by atoms with Gasteiger partial charge in [0.25, 0.3) is 0 Å². The first kappa shape index (κ1) is 21.0. The molecule has 0 unspecified atom stereocenters. The molecule has 4 aromatic rings. The van der Waals surface area contributed by atoms with Gasteiger partial charge in [-0.3, -0.25) is 9.79 Å². The number of nitrogens with zero attached hydrogens (tertiary/aromatic N) is 3.